The summed E-state index contributed by atoms with van der Waals surface area (Å²) in [5, 5.41) is 12.9. The molecule has 1 aliphatic heterocycles. The summed E-state index contributed by atoms with van der Waals surface area (Å²) in [7, 11) is 0. The second kappa shape index (κ2) is 5.99. The Balaban J connectivity index is 2.47. The molecule has 2 rings (SSSR count). The summed E-state index contributed by atoms with van der Waals surface area (Å²) < 4.78 is 38.8. The van der Waals surface area contributed by atoms with E-state index in [1.807, 2.05) is 0 Å². The number of hydrogen-bond acceptors (Lipinski definition) is 5. The molecular weight excluding hydrogens is 301 g/mol. The second-order valence-corrected chi connectivity index (χ2v) is 5.27. The molecule has 1 heterocycles. The molecule has 1 aromatic rings. The van der Waals surface area contributed by atoms with E-state index in [4.69, 9.17) is 5.73 Å². The van der Waals surface area contributed by atoms with Gasteiger partial charge in [-0.05, 0) is 19.8 Å². The van der Waals surface area contributed by atoms with Crippen molar-refractivity contribution in [1.29, 1.82) is 0 Å². The van der Waals surface area contributed by atoms with Crippen molar-refractivity contribution in [3.8, 4) is 0 Å². The number of benzene rings is 1. The van der Waals surface area contributed by atoms with Crippen LogP contribution >= 0.6 is 0 Å². The van der Waals surface area contributed by atoms with Crippen molar-refractivity contribution in [2.75, 3.05) is 24.2 Å². The highest BCUT2D eigenvalue weighted by Gasteiger charge is 2.37. The van der Waals surface area contributed by atoms with Crippen LogP contribution in [0.1, 0.15) is 30.4 Å². The molecule has 0 bridgehead atoms. The van der Waals surface area contributed by atoms with Crippen molar-refractivity contribution in [3.05, 3.63) is 27.3 Å². The second-order valence-electron chi connectivity index (χ2n) is 5.27. The largest absolute Gasteiger partial charge is 0.418 e. The number of nitro benzene ring substituents is 1. The van der Waals surface area contributed by atoms with E-state index in [1.165, 1.54) is 6.92 Å². The molecule has 0 atom stereocenters. The van der Waals surface area contributed by atoms with Crippen LogP contribution in [-0.4, -0.2) is 23.0 Å². The fourth-order valence-electron chi connectivity index (χ4n) is 2.50. The van der Waals surface area contributed by atoms with Gasteiger partial charge in [-0.15, -0.1) is 0 Å². The van der Waals surface area contributed by atoms with Gasteiger partial charge in [0.25, 0.3) is 5.69 Å². The number of piperidine rings is 1. The maximum absolute atomic E-state index is 12.9. The Morgan fingerprint density at radius 1 is 1.32 bits per heavy atom. The molecule has 3 N–H and O–H groups in total. The van der Waals surface area contributed by atoms with Crippen LogP contribution in [0.15, 0.2) is 6.07 Å². The van der Waals surface area contributed by atoms with Crippen molar-refractivity contribution in [2.24, 2.45) is 0 Å². The first-order chi connectivity index (χ1) is 10.2. The van der Waals surface area contributed by atoms with Crippen LogP contribution in [0.3, 0.4) is 0 Å². The van der Waals surface area contributed by atoms with Gasteiger partial charge in [0.15, 0.2) is 0 Å². The zero-order valence-electron chi connectivity index (χ0n) is 12.0. The quantitative estimate of drug-likeness (QED) is 0.507. The SMILES string of the molecule is Cc1c(N)c(C(F)(F)F)cc([N+](=O)[O-])c1NN1CCCCC1. The average Bonchev–Trinajstić information content (AvgIpc) is 2.43. The Kier molecular flexibility index (Phi) is 4.45. The van der Waals surface area contributed by atoms with E-state index >= 15 is 0 Å². The van der Waals surface area contributed by atoms with E-state index in [0.29, 0.717) is 19.2 Å². The van der Waals surface area contributed by atoms with E-state index in [2.05, 4.69) is 5.43 Å². The van der Waals surface area contributed by atoms with E-state index in [-0.39, 0.29) is 11.3 Å². The van der Waals surface area contributed by atoms with Crippen LogP contribution in [0.25, 0.3) is 0 Å². The van der Waals surface area contributed by atoms with Crippen molar-refractivity contribution in [2.45, 2.75) is 32.4 Å². The van der Waals surface area contributed by atoms with Gasteiger partial charge in [0, 0.05) is 30.4 Å². The van der Waals surface area contributed by atoms with E-state index in [0.717, 1.165) is 19.3 Å². The molecule has 22 heavy (non-hydrogen) atoms. The Bertz CT molecular complexity index is 584. The Morgan fingerprint density at radius 2 is 1.91 bits per heavy atom. The maximum Gasteiger partial charge on any atom is 0.418 e. The van der Waals surface area contributed by atoms with Crippen LogP contribution in [0, 0.1) is 17.0 Å². The lowest BCUT2D eigenvalue weighted by molar-refractivity contribution is -0.384. The van der Waals surface area contributed by atoms with Gasteiger partial charge in [0.1, 0.15) is 5.69 Å². The molecule has 0 radical (unpaired) electrons. The highest BCUT2D eigenvalue weighted by Crippen LogP contribution is 2.42. The summed E-state index contributed by atoms with van der Waals surface area (Å²) >= 11 is 0. The number of alkyl halides is 3. The molecular formula is C13H17F3N4O2. The first-order valence-electron chi connectivity index (χ1n) is 6.88. The molecule has 1 aliphatic rings. The third kappa shape index (κ3) is 3.24. The molecule has 0 aliphatic carbocycles. The summed E-state index contributed by atoms with van der Waals surface area (Å²) in [6.07, 6.45) is -1.82. The number of hydrazine groups is 1. The van der Waals surface area contributed by atoms with Gasteiger partial charge in [-0.2, -0.15) is 13.2 Å². The Hall–Kier alpha value is -2.03. The standard InChI is InChI=1S/C13H17F3N4O2/c1-8-11(17)9(13(14,15)16)7-10(20(21)22)12(8)18-19-5-3-2-4-6-19/h7,18H,2-6,17H2,1H3. The number of anilines is 2. The minimum absolute atomic E-state index is 0.0254. The predicted molar refractivity (Wildman–Crippen MR) is 76.3 cm³/mol. The molecule has 1 saturated heterocycles. The highest BCUT2D eigenvalue weighted by molar-refractivity contribution is 5.76. The van der Waals surface area contributed by atoms with E-state index < -0.39 is 28.0 Å². The molecule has 0 aromatic heterocycles. The zero-order valence-corrected chi connectivity index (χ0v) is 12.0. The molecule has 0 amide bonds. The number of nitrogen functional groups attached to an aromatic ring is 1. The van der Waals surface area contributed by atoms with Crippen LogP contribution in [0.4, 0.5) is 30.2 Å². The smallest absolute Gasteiger partial charge is 0.398 e. The average molecular weight is 318 g/mol. The molecule has 9 heteroatoms. The normalized spacial score (nSPS) is 16.5. The van der Waals surface area contributed by atoms with Crippen LogP contribution in [0.2, 0.25) is 0 Å². The van der Waals surface area contributed by atoms with E-state index in [1.54, 1.807) is 5.01 Å². The monoisotopic (exact) mass is 318 g/mol. The Labute approximate surface area is 125 Å². The summed E-state index contributed by atoms with van der Waals surface area (Å²) in [4.78, 5) is 10.3. The Morgan fingerprint density at radius 3 is 2.41 bits per heavy atom. The molecule has 0 saturated carbocycles. The zero-order chi connectivity index (χ0) is 16.5. The minimum atomic E-state index is -4.73. The van der Waals surface area contributed by atoms with Gasteiger partial charge >= 0.3 is 6.18 Å². The summed E-state index contributed by atoms with van der Waals surface area (Å²) in [5.41, 5.74) is 6.18. The van der Waals surface area contributed by atoms with Gasteiger partial charge in [0.2, 0.25) is 0 Å². The summed E-state index contributed by atoms with van der Waals surface area (Å²) in [5.74, 6) is 0. The maximum atomic E-state index is 12.9. The fraction of sp³-hybridized carbons (Fsp3) is 0.538. The molecule has 6 nitrogen and oxygen atoms in total. The molecule has 0 unspecified atom stereocenters. The molecule has 122 valence electrons. The van der Waals surface area contributed by atoms with Crippen molar-refractivity contribution in [3.63, 3.8) is 0 Å². The lowest BCUT2D eigenvalue weighted by atomic mass is 10.0. The number of nitrogens with two attached hydrogens (primary N) is 1. The molecule has 1 fully saturated rings. The third-order valence-corrected chi connectivity index (χ3v) is 3.73. The predicted octanol–water partition coefficient (Wildman–Crippen LogP) is 3.32. The van der Waals surface area contributed by atoms with Crippen LogP contribution in [0.5, 0.6) is 0 Å². The number of nitrogens with zero attached hydrogens (tertiary/aromatic N) is 2. The lowest BCUT2D eigenvalue weighted by Gasteiger charge is -2.29. The van der Waals surface area contributed by atoms with Crippen LogP contribution in [-0.2, 0) is 6.18 Å². The van der Waals surface area contributed by atoms with Crippen molar-refractivity contribution >= 4 is 17.1 Å². The number of nitro groups is 1. The van der Waals surface area contributed by atoms with Crippen molar-refractivity contribution < 1.29 is 18.1 Å². The number of nitrogens with one attached hydrogen (secondary N) is 1. The molecule has 0 spiro atoms. The van der Waals surface area contributed by atoms with Crippen LogP contribution < -0.4 is 11.2 Å². The fourth-order valence-corrected chi connectivity index (χ4v) is 2.50. The minimum Gasteiger partial charge on any atom is -0.398 e. The first-order valence-corrected chi connectivity index (χ1v) is 6.88. The number of hydrogen-bond donors (Lipinski definition) is 2. The topological polar surface area (TPSA) is 84.4 Å². The van der Waals surface area contributed by atoms with Gasteiger partial charge in [0.05, 0.1) is 10.5 Å². The summed E-state index contributed by atoms with van der Waals surface area (Å²) in [6, 6.07) is 0.495. The van der Waals surface area contributed by atoms with E-state index in [9.17, 15) is 23.3 Å². The van der Waals surface area contributed by atoms with Gasteiger partial charge in [-0.1, -0.05) is 6.42 Å². The van der Waals surface area contributed by atoms with Gasteiger partial charge in [-0.3, -0.25) is 10.1 Å². The highest BCUT2D eigenvalue weighted by atomic mass is 19.4. The van der Waals surface area contributed by atoms with Gasteiger partial charge < -0.3 is 11.2 Å². The van der Waals surface area contributed by atoms with Gasteiger partial charge in [-0.25, -0.2) is 5.01 Å². The lowest BCUT2D eigenvalue weighted by Crippen LogP contribution is -2.35. The third-order valence-electron chi connectivity index (χ3n) is 3.73. The molecule has 1 aromatic carbocycles. The number of halogens is 3. The first kappa shape index (κ1) is 16.3. The van der Waals surface area contributed by atoms with Crippen molar-refractivity contribution in [1.82, 2.24) is 5.01 Å². The summed E-state index contributed by atoms with van der Waals surface area (Å²) in [6.45, 7) is 2.71. The number of rotatable bonds is 3.